The third-order valence-electron chi connectivity index (χ3n) is 4.93. The van der Waals surface area contributed by atoms with Gasteiger partial charge in [-0.25, -0.2) is 9.59 Å². The van der Waals surface area contributed by atoms with Crippen molar-refractivity contribution in [3.63, 3.8) is 0 Å². The molecule has 0 spiro atoms. The highest BCUT2D eigenvalue weighted by atomic mass is 16.5. The summed E-state index contributed by atoms with van der Waals surface area (Å²) in [5, 5.41) is 0.753. The van der Waals surface area contributed by atoms with Gasteiger partial charge in [0.15, 0.2) is 11.5 Å². The van der Waals surface area contributed by atoms with Crippen molar-refractivity contribution in [3.05, 3.63) is 69.1 Å². The number of hydrogen-bond donors (Lipinski definition) is 0. The number of fused-ring (bicyclic) bond motifs is 1. The average molecular weight is 424 g/mol. The van der Waals surface area contributed by atoms with Gasteiger partial charge in [-0.1, -0.05) is 26.0 Å². The number of rotatable bonds is 8. The highest BCUT2D eigenvalue weighted by molar-refractivity contribution is 5.90. The van der Waals surface area contributed by atoms with Gasteiger partial charge in [0.2, 0.25) is 0 Å². The van der Waals surface area contributed by atoms with Gasteiger partial charge < -0.3 is 18.6 Å². The van der Waals surface area contributed by atoms with E-state index in [9.17, 15) is 9.59 Å². The highest BCUT2D eigenvalue weighted by Gasteiger charge is 2.15. The fourth-order valence-corrected chi connectivity index (χ4v) is 3.15. The topological polar surface area (TPSA) is 75.0 Å². The van der Waals surface area contributed by atoms with Crippen LogP contribution < -0.4 is 15.1 Å². The minimum Gasteiger partial charge on any atom is -0.490 e. The molecule has 0 aliphatic rings. The SMILES string of the molecule is CCOc1cc(C(=O)OCc2cc(=O)oc3c(C)c(C)ccc23)ccc1OCC(C)C. The van der Waals surface area contributed by atoms with E-state index in [0.717, 1.165) is 16.5 Å². The lowest BCUT2D eigenvalue weighted by Crippen LogP contribution is -2.10. The molecular formula is C25H28O6. The summed E-state index contributed by atoms with van der Waals surface area (Å²) in [6.07, 6.45) is 0. The van der Waals surface area contributed by atoms with Crippen LogP contribution in [0.2, 0.25) is 0 Å². The first-order valence-corrected chi connectivity index (χ1v) is 10.4. The molecule has 2 aromatic carbocycles. The third kappa shape index (κ3) is 5.26. The summed E-state index contributed by atoms with van der Waals surface area (Å²) in [6.45, 7) is 10.8. The minimum absolute atomic E-state index is 0.0427. The van der Waals surface area contributed by atoms with Gasteiger partial charge in [-0.15, -0.1) is 0 Å². The van der Waals surface area contributed by atoms with Crippen LogP contribution in [0.1, 0.15) is 47.8 Å². The molecule has 0 amide bonds. The molecule has 6 heteroatoms. The highest BCUT2D eigenvalue weighted by Crippen LogP contribution is 2.30. The van der Waals surface area contributed by atoms with Crippen molar-refractivity contribution in [1.29, 1.82) is 0 Å². The molecule has 0 bridgehead atoms. The van der Waals surface area contributed by atoms with E-state index >= 15 is 0 Å². The Bertz CT molecular complexity index is 1140. The first kappa shape index (κ1) is 22.4. The van der Waals surface area contributed by atoms with Crippen molar-refractivity contribution < 1.29 is 23.4 Å². The van der Waals surface area contributed by atoms with Gasteiger partial charge >= 0.3 is 11.6 Å². The second kappa shape index (κ2) is 9.69. The molecule has 1 heterocycles. The Labute approximate surface area is 181 Å². The van der Waals surface area contributed by atoms with E-state index in [0.29, 0.717) is 47.3 Å². The Morgan fingerprint density at radius 2 is 1.81 bits per heavy atom. The van der Waals surface area contributed by atoms with Crippen molar-refractivity contribution in [1.82, 2.24) is 0 Å². The summed E-state index contributed by atoms with van der Waals surface area (Å²) in [5.41, 5.74) is 2.90. The zero-order valence-electron chi connectivity index (χ0n) is 18.6. The van der Waals surface area contributed by atoms with Crippen molar-refractivity contribution >= 4 is 16.9 Å². The minimum atomic E-state index is -0.512. The van der Waals surface area contributed by atoms with Crippen molar-refractivity contribution in [2.75, 3.05) is 13.2 Å². The zero-order chi connectivity index (χ0) is 22.5. The van der Waals surface area contributed by atoms with Gasteiger partial charge in [0.1, 0.15) is 12.2 Å². The summed E-state index contributed by atoms with van der Waals surface area (Å²) < 4.78 is 22.3. The van der Waals surface area contributed by atoms with Crippen LogP contribution in [0.25, 0.3) is 11.0 Å². The van der Waals surface area contributed by atoms with Crippen molar-refractivity contribution in [3.8, 4) is 11.5 Å². The molecule has 0 saturated heterocycles. The van der Waals surface area contributed by atoms with E-state index in [-0.39, 0.29) is 6.61 Å². The van der Waals surface area contributed by atoms with Crippen molar-refractivity contribution in [2.24, 2.45) is 5.92 Å². The Balaban J connectivity index is 1.82. The molecule has 0 unspecified atom stereocenters. The fourth-order valence-electron chi connectivity index (χ4n) is 3.15. The Morgan fingerprint density at radius 3 is 2.52 bits per heavy atom. The van der Waals surface area contributed by atoms with Gasteiger partial charge in [-0.3, -0.25) is 0 Å². The molecule has 0 aliphatic carbocycles. The molecule has 0 aliphatic heterocycles. The van der Waals surface area contributed by atoms with E-state index in [1.54, 1.807) is 18.2 Å². The number of hydrogen-bond acceptors (Lipinski definition) is 6. The normalized spacial score (nSPS) is 11.0. The largest absolute Gasteiger partial charge is 0.490 e. The maximum Gasteiger partial charge on any atom is 0.338 e. The maximum absolute atomic E-state index is 12.7. The van der Waals surface area contributed by atoms with E-state index in [4.69, 9.17) is 18.6 Å². The lowest BCUT2D eigenvalue weighted by atomic mass is 10.0. The lowest BCUT2D eigenvalue weighted by Gasteiger charge is -2.14. The molecule has 3 rings (SSSR count). The van der Waals surface area contributed by atoms with Crippen LogP contribution in [0.3, 0.4) is 0 Å². The fraction of sp³-hybridized carbons (Fsp3) is 0.360. The zero-order valence-corrected chi connectivity index (χ0v) is 18.6. The number of aryl methyl sites for hydroxylation is 2. The van der Waals surface area contributed by atoms with Gasteiger partial charge in [0, 0.05) is 17.0 Å². The maximum atomic E-state index is 12.7. The third-order valence-corrected chi connectivity index (χ3v) is 4.93. The van der Waals surface area contributed by atoms with E-state index < -0.39 is 11.6 Å². The van der Waals surface area contributed by atoms with Crippen LogP contribution in [0.15, 0.2) is 45.6 Å². The summed E-state index contributed by atoms with van der Waals surface area (Å²) in [4.78, 5) is 24.7. The molecular weight excluding hydrogens is 396 g/mol. The van der Waals surface area contributed by atoms with Gasteiger partial charge in [0.25, 0.3) is 0 Å². The summed E-state index contributed by atoms with van der Waals surface area (Å²) in [7, 11) is 0. The van der Waals surface area contributed by atoms with Crippen LogP contribution in [-0.2, 0) is 11.3 Å². The van der Waals surface area contributed by atoms with Gasteiger partial charge in [-0.05, 0) is 56.0 Å². The molecule has 0 atom stereocenters. The Morgan fingerprint density at radius 1 is 1.03 bits per heavy atom. The first-order chi connectivity index (χ1) is 14.8. The van der Waals surface area contributed by atoms with Crippen LogP contribution >= 0.6 is 0 Å². The molecule has 0 fully saturated rings. The van der Waals surface area contributed by atoms with Gasteiger partial charge in [-0.2, -0.15) is 0 Å². The molecule has 1 aromatic heterocycles. The molecule has 3 aromatic rings. The van der Waals surface area contributed by atoms with E-state index in [2.05, 4.69) is 13.8 Å². The number of carbonyl (C=O) groups excluding carboxylic acids is 1. The first-order valence-electron chi connectivity index (χ1n) is 10.4. The van der Waals surface area contributed by atoms with Gasteiger partial charge in [0.05, 0.1) is 18.8 Å². The smallest absolute Gasteiger partial charge is 0.338 e. The molecule has 31 heavy (non-hydrogen) atoms. The van der Waals surface area contributed by atoms with Crippen LogP contribution in [0, 0.1) is 19.8 Å². The van der Waals surface area contributed by atoms with Crippen LogP contribution in [-0.4, -0.2) is 19.2 Å². The lowest BCUT2D eigenvalue weighted by molar-refractivity contribution is 0.0473. The molecule has 0 radical (unpaired) electrons. The van der Waals surface area contributed by atoms with Crippen LogP contribution in [0.5, 0.6) is 11.5 Å². The standard InChI is InChI=1S/C25H28O6/c1-6-28-22-11-18(8-10-21(22)29-13-15(2)3)25(27)30-14-19-12-23(26)31-24-17(5)16(4)7-9-20(19)24/h7-12,15H,6,13-14H2,1-5H3. The second-order valence-corrected chi connectivity index (χ2v) is 7.85. The summed E-state index contributed by atoms with van der Waals surface area (Å²) in [6, 6.07) is 10.2. The monoisotopic (exact) mass is 424 g/mol. The molecule has 164 valence electrons. The Kier molecular flexibility index (Phi) is 7.00. The molecule has 0 N–H and O–H groups in total. The number of benzene rings is 2. The number of esters is 1. The van der Waals surface area contributed by atoms with Crippen LogP contribution in [0.4, 0.5) is 0 Å². The quantitative estimate of drug-likeness (QED) is 0.365. The molecule has 6 nitrogen and oxygen atoms in total. The van der Waals surface area contributed by atoms with E-state index in [1.807, 2.05) is 32.9 Å². The second-order valence-electron chi connectivity index (χ2n) is 7.85. The number of carbonyl (C=O) groups is 1. The Hall–Kier alpha value is -3.28. The summed E-state index contributed by atoms with van der Waals surface area (Å²) >= 11 is 0. The predicted octanol–water partition coefficient (Wildman–Crippen LogP) is 5.20. The molecule has 0 saturated carbocycles. The summed E-state index contributed by atoms with van der Waals surface area (Å²) in [5.74, 6) is 0.936. The predicted molar refractivity (Wildman–Crippen MR) is 119 cm³/mol. The number of ether oxygens (including phenoxy) is 3. The average Bonchev–Trinajstić information content (AvgIpc) is 2.73. The van der Waals surface area contributed by atoms with E-state index in [1.165, 1.54) is 6.07 Å². The van der Waals surface area contributed by atoms with Crippen molar-refractivity contribution in [2.45, 2.75) is 41.2 Å².